The van der Waals surface area contributed by atoms with Gasteiger partial charge < -0.3 is 20.4 Å². The highest BCUT2D eigenvalue weighted by atomic mass is 35.5. The van der Waals surface area contributed by atoms with Crippen molar-refractivity contribution in [2.45, 2.75) is 19.6 Å². The fourth-order valence-corrected chi connectivity index (χ4v) is 0. The average Bonchev–Trinajstić information content (AvgIpc) is 2.19. The van der Waals surface area contributed by atoms with E-state index in [-0.39, 0.29) is 11.8 Å². The van der Waals surface area contributed by atoms with Crippen molar-refractivity contribution in [1.29, 1.82) is 0 Å². The van der Waals surface area contributed by atoms with Crippen molar-refractivity contribution in [3.05, 3.63) is 0 Å². The molecule has 0 spiro atoms. The van der Waals surface area contributed by atoms with Gasteiger partial charge in [0.2, 0.25) is 0 Å². The van der Waals surface area contributed by atoms with Gasteiger partial charge in [0.15, 0.2) is 6.29 Å². The molecule has 0 saturated heterocycles. The predicted molar refractivity (Wildman–Crippen MR) is 55.2 cm³/mol. The van der Waals surface area contributed by atoms with Gasteiger partial charge >= 0.3 is 11.9 Å². The molecule has 0 unspecified atom stereocenters. The van der Waals surface area contributed by atoms with Crippen molar-refractivity contribution in [2.24, 2.45) is 0 Å². The molecular formula is C7H14Cl2O6. The Morgan fingerprint density at radius 3 is 1.20 bits per heavy atom. The van der Waals surface area contributed by atoms with Crippen molar-refractivity contribution < 1.29 is 30.0 Å². The Morgan fingerprint density at radius 2 is 1.20 bits per heavy atom. The molecule has 92 valence electrons. The predicted octanol–water partition coefficient (Wildman–Crippen LogP) is 0.327. The number of carboxylic acid groups (broad SMARTS) is 2. The first-order valence-electron chi connectivity index (χ1n) is 3.73. The summed E-state index contributed by atoms with van der Waals surface area (Å²) in [5.41, 5.74) is 0. The molecule has 0 amide bonds. The summed E-state index contributed by atoms with van der Waals surface area (Å²) in [6.45, 7) is 1.70. The van der Waals surface area contributed by atoms with Crippen LogP contribution in [-0.2, 0) is 9.59 Å². The highest BCUT2D eigenvalue weighted by Crippen LogP contribution is 1.77. The van der Waals surface area contributed by atoms with Crippen molar-refractivity contribution in [3.63, 3.8) is 0 Å². The monoisotopic (exact) mass is 264 g/mol. The van der Waals surface area contributed by atoms with Crippen LogP contribution in [0.3, 0.4) is 0 Å². The zero-order valence-electron chi connectivity index (χ0n) is 8.06. The number of carboxylic acids is 2. The molecular weight excluding hydrogens is 251 g/mol. The van der Waals surface area contributed by atoms with Gasteiger partial charge in [-0.15, -0.1) is 23.2 Å². The van der Waals surface area contributed by atoms with Crippen LogP contribution < -0.4 is 0 Å². The quantitative estimate of drug-likeness (QED) is 0.431. The van der Waals surface area contributed by atoms with E-state index in [0.717, 1.165) is 0 Å². The molecule has 4 N–H and O–H groups in total. The van der Waals surface area contributed by atoms with E-state index in [2.05, 4.69) is 0 Å². The number of aliphatic hydroxyl groups excluding tert-OH is 1. The number of rotatable bonds is 3. The Labute approximate surface area is 97.0 Å². The number of hydrogen-bond acceptors (Lipinski definition) is 4. The van der Waals surface area contributed by atoms with Crippen LogP contribution in [0.4, 0.5) is 0 Å². The molecule has 0 aliphatic heterocycles. The largest absolute Gasteiger partial charge is 0.480 e. The topological polar surface area (TPSA) is 115 Å². The van der Waals surface area contributed by atoms with Crippen molar-refractivity contribution >= 4 is 35.1 Å². The van der Waals surface area contributed by atoms with Crippen LogP contribution in [0.25, 0.3) is 0 Å². The van der Waals surface area contributed by atoms with Gasteiger partial charge in [-0.1, -0.05) is 6.92 Å². The number of carbonyl (C=O) groups is 2. The molecule has 0 atom stereocenters. The van der Waals surface area contributed by atoms with E-state index < -0.39 is 18.2 Å². The molecule has 0 aliphatic rings. The van der Waals surface area contributed by atoms with E-state index >= 15 is 0 Å². The zero-order valence-corrected chi connectivity index (χ0v) is 9.57. The second-order valence-electron chi connectivity index (χ2n) is 1.94. The van der Waals surface area contributed by atoms with E-state index in [9.17, 15) is 9.59 Å². The molecule has 0 aromatic carbocycles. The summed E-state index contributed by atoms with van der Waals surface area (Å²) < 4.78 is 0. The summed E-state index contributed by atoms with van der Waals surface area (Å²) >= 11 is 9.47. The molecule has 0 fully saturated rings. The second kappa shape index (κ2) is 15.9. The maximum absolute atomic E-state index is 9.24. The molecule has 0 aliphatic carbocycles. The van der Waals surface area contributed by atoms with Crippen molar-refractivity contribution in [2.75, 3.05) is 11.8 Å². The van der Waals surface area contributed by atoms with Gasteiger partial charge in [-0.25, -0.2) is 0 Å². The average molecular weight is 265 g/mol. The molecule has 0 radical (unpaired) electrons. The Morgan fingerprint density at radius 1 is 1.07 bits per heavy atom. The summed E-state index contributed by atoms with van der Waals surface area (Å²) in [6.07, 6.45) is -0.699. The Balaban J connectivity index is -0.000000144. The lowest BCUT2D eigenvalue weighted by atomic mass is 10.5. The van der Waals surface area contributed by atoms with Crippen molar-refractivity contribution in [1.82, 2.24) is 0 Å². The number of alkyl halides is 2. The number of aliphatic carboxylic acids is 2. The summed E-state index contributed by atoms with van der Waals surface area (Å²) in [4.78, 5) is 18.5. The van der Waals surface area contributed by atoms with Gasteiger partial charge in [0.25, 0.3) is 0 Å². The minimum absolute atomic E-state index is 0.306. The van der Waals surface area contributed by atoms with Crippen LogP contribution in [0, 0.1) is 0 Å². The van der Waals surface area contributed by atoms with Gasteiger partial charge in [-0.05, 0) is 6.42 Å². The van der Waals surface area contributed by atoms with Gasteiger partial charge in [-0.2, -0.15) is 0 Å². The highest BCUT2D eigenvalue weighted by Gasteiger charge is 1.84. The molecule has 0 bridgehead atoms. The Kier molecular flexibility index (Phi) is 21.1. The SMILES string of the molecule is CCC(O)O.O=C(O)CCl.O=C(O)CCl. The first-order chi connectivity index (χ1) is 6.81. The lowest BCUT2D eigenvalue weighted by Gasteiger charge is -1.90. The normalized spacial score (nSPS) is 8.13. The third-order valence-corrected chi connectivity index (χ3v) is 1.05. The molecule has 8 heteroatoms. The van der Waals surface area contributed by atoms with Gasteiger partial charge in [0.1, 0.15) is 11.8 Å². The maximum atomic E-state index is 9.24. The fourth-order valence-electron chi connectivity index (χ4n) is 0. The molecule has 0 aromatic rings. The zero-order chi connectivity index (χ0) is 12.9. The Hall–Kier alpha value is -0.560. The second-order valence-corrected chi connectivity index (χ2v) is 2.48. The minimum Gasteiger partial charge on any atom is -0.480 e. The first-order valence-corrected chi connectivity index (χ1v) is 4.80. The van der Waals surface area contributed by atoms with E-state index in [4.69, 9.17) is 43.6 Å². The summed E-state index contributed by atoms with van der Waals surface area (Å²) in [6, 6.07) is 0. The number of hydrogen-bond donors (Lipinski definition) is 4. The third kappa shape index (κ3) is 59.4. The van der Waals surface area contributed by atoms with Gasteiger partial charge in [0, 0.05) is 0 Å². The third-order valence-electron chi connectivity index (χ3n) is 0.594. The molecule has 0 saturated carbocycles. The number of halogens is 2. The van der Waals surface area contributed by atoms with Gasteiger partial charge in [0.05, 0.1) is 0 Å². The summed E-state index contributed by atoms with van der Waals surface area (Å²) in [5, 5.41) is 31.0. The van der Waals surface area contributed by atoms with E-state index in [1.54, 1.807) is 6.92 Å². The molecule has 15 heavy (non-hydrogen) atoms. The van der Waals surface area contributed by atoms with Crippen LogP contribution >= 0.6 is 23.2 Å². The highest BCUT2D eigenvalue weighted by molar-refractivity contribution is 6.26. The molecule has 0 heterocycles. The fraction of sp³-hybridized carbons (Fsp3) is 0.714. The standard InChI is InChI=1S/C3H8O2.2C2H3ClO2/c1-2-3(4)5;2*3-1-2(4)5/h3-5H,2H2,1H3;2*1H2,(H,4,5). The lowest BCUT2D eigenvalue weighted by Crippen LogP contribution is -1.99. The lowest BCUT2D eigenvalue weighted by molar-refractivity contribution is -0.135. The Bertz CT molecular complexity index is 148. The maximum Gasteiger partial charge on any atom is 0.318 e. The smallest absolute Gasteiger partial charge is 0.318 e. The molecule has 0 aromatic heterocycles. The molecule has 0 rings (SSSR count). The van der Waals surface area contributed by atoms with Crippen molar-refractivity contribution in [3.8, 4) is 0 Å². The molecule has 6 nitrogen and oxygen atoms in total. The van der Waals surface area contributed by atoms with Crippen LogP contribution in [0.5, 0.6) is 0 Å². The van der Waals surface area contributed by atoms with E-state index in [1.165, 1.54) is 0 Å². The minimum atomic E-state index is -1.12. The van der Waals surface area contributed by atoms with Crippen LogP contribution in [0.15, 0.2) is 0 Å². The number of aliphatic hydroxyl groups is 2. The summed E-state index contributed by atoms with van der Waals surface area (Å²) in [5.74, 6) is -2.57. The van der Waals surface area contributed by atoms with Crippen LogP contribution in [0.1, 0.15) is 13.3 Å². The van der Waals surface area contributed by atoms with Crippen LogP contribution in [0.2, 0.25) is 0 Å². The van der Waals surface area contributed by atoms with Crippen LogP contribution in [-0.4, -0.2) is 50.4 Å². The van der Waals surface area contributed by atoms with E-state index in [1.807, 2.05) is 0 Å². The van der Waals surface area contributed by atoms with Gasteiger partial charge in [-0.3, -0.25) is 9.59 Å². The first kappa shape index (κ1) is 19.9. The summed E-state index contributed by atoms with van der Waals surface area (Å²) in [7, 11) is 0. The van der Waals surface area contributed by atoms with E-state index in [0.29, 0.717) is 6.42 Å².